The Morgan fingerprint density at radius 1 is 1.19 bits per heavy atom. The van der Waals surface area contributed by atoms with E-state index in [2.05, 4.69) is 0 Å². The van der Waals surface area contributed by atoms with Gasteiger partial charge in [-0.15, -0.1) is 0 Å². The van der Waals surface area contributed by atoms with Crippen LogP contribution < -0.4 is 0 Å². The van der Waals surface area contributed by atoms with Gasteiger partial charge in [0, 0.05) is 32.2 Å². The second-order valence-corrected chi connectivity index (χ2v) is 6.78. The van der Waals surface area contributed by atoms with E-state index >= 15 is 0 Å². The lowest BCUT2D eigenvalue weighted by molar-refractivity contribution is 0.206. The van der Waals surface area contributed by atoms with Crippen molar-refractivity contribution in [1.29, 1.82) is 5.26 Å². The number of nitriles is 1. The number of halogens is 2. The van der Waals surface area contributed by atoms with Crippen molar-refractivity contribution < 1.29 is 17.2 Å². The molecule has 0 radical (unpaired) electrons. The maximum Gasteiger partial charge on any atom is 0.246 e. The molecule has 21 heavy (non-hydrogen) atoms. The Bertz CT molecular complexity index is 677. The molecule has 8 heteroatoms. The normalized spacial score (nSPS) is 17.6. The standard InChI is InChI=1S/C13H15F2N3O2S/c1-10-8-13(12(15)9-11(10)14)21(19,20)18-6-4-17(3-2-16)5-7-18/h8-9H,3-7H2,1H3. The summed E-state index contributed by atoms with van der Waals surface area (Å²) in [5.41, 5.74) is 0.0816. The first-order chi connectivity index (χ1) is 9.86. The number of nitrogens with zero attached hydrogens (tertiary/aromatic N) is 3. The van der Waals surface area contributed by atoms with Gasteiger partial charge in [-0.1, -0.05) is 0 Å². The molecule has 0 aliphatic carbocycles. The Morgan fingerprint density at radius 3 is 2.38 bits per heavy atom. The van der Waals surface area contributed by atoms with Crippen molar-refractivity contribution in [3.05, 3.63) is 29.3 Å². The molecule has 1 fully saturated rings. The summed E-state index contributed by atoms with van der Waals surface area (Å²) in [7, 11) is -3.99. The van der Waals surface area contributed by atoms with Crippen LogP contribution in [0.5, 0.6) is 0 Å². The average Bonchev–Trinajstić information content (AvgIpc) is 2.43. The van der Waals surface area contributed by atoms with E-state index < -0.39 is 26.6 Å². The van der Waals surface area contributed by atoms with Gasteiger partial charge in [-0.2, -0.15) is 9.57 Å². The molecule has 2 rings (SSSR count). The Morgan fingerprint density at radius 2 is 1.81 bits per heavy atom. The highest BCUT2D eigenvalue weighted by Crippen LogP contribution is 2.23. The van der Waals surface area contributed by atoms with Crippen molar-refractivity contribution >= 4 is 10.0 Å². The molecule has 0 unspecified atom stereocenters. The number of hydrogen-bond acceptors (Lipinski definition) is 4. The lowest BCUT2D eigenvalue weighted by Gasteiger charge is -2.32. The van der Waals surface area contributed by atoms with Crippen LogP contribution in [-0.2, 0) is 10.0 Å². The summed E-state index contributed by atoms with van der Waals surface area (Å²) in [5, 5.41) is 8.61. The van der Waals surface area contributed by atoms with Gasteiger partial charge in [0.1, 0.15) is 16.5 Å². The molecule has 0 saturated carbocycles. The predicted octanol–water partition coefficient (Wildman–Crippen LogP) is 1.10. The monoisotopic (exact) mass is 315 g/mol. The van der Waals surface area contributed by atoms with Crippen LogP contribution in [0, 0.1) is 29.9 Å². The van der Waals surface area contributed by atoms with Crippen LogP contribution in [-0.4, -0.2) is 50.3 Å². The molecular formula is C13H15F2N3O2S. The first kappa shape index (κ1) is 15.8. The summed E-state index contributed by atoms with van der Waals surface area (Å²) in [6.45, 7) is 2.81. The maximum atomic E-state index is 13.8. The third kappa shape index (κ3) is 3.20. The van der Waals surface area contributed by atoms with Gasteiger partial charge in [0.05, 0.1) is 12.6 Å². The Balaban J connectivity index is 2.24. The summed E-state index contributed by atoms with van der Waals surface area (Å²) in [6.07, 6.45) is 0. The van der Waals surface area contributed by atoms with E-state index in [4.69, 9.17) is 5.26 Å². The van der Waals surface area contributed by atoms with Crippen LogP contribution >= 0.6 is 0 Å². The Kier molecular flexibility index (Phi) is 4.56. The van der Waals surface area contributed by atoms with Crippen molar-refractivity contribution in [2.24, 2.45) is 0 Å². The van der Waals surface area contributed by atoms with Crippen molar-refractivity contribution in [2.75, 3.05) is 32.7 Å². The summed E-state index contributed by atoms with van der Waals surface area (Å²) < 4.78 is 53.0. The van der Waals surface area contributed by atoms with Gasteiger partial charge in [0.25, 0.3) is 0 Å². The van der Waals surface area contributed by atoms with Crippen LogP contribution in [0.1, 0.15) is 5.56 Å². The summed E-state index contributed by atoms with van der Waals surface area (Å²) in [5.74, 6) is -1.86. The maximum absolute atomic E-state index is 13.8. The molecule has 1 heterocycles. The van der Waals surface area contributed by atoms with Crippen LogP contribution in [0.4, 0.5) is 8.78 Å². The molecular weight excluding hydrogens is 300 g/mol. The summed E-state index contributed by atoms with van der Waals surface area (Å²) in [6, 6.07) is 3.61. The number of sulfonamides is 1. The van der Waals surface area contributed by atoms with E-state index in [1.54, 1.807) is 0 Å². The predicted molar refractivity (Wildman–Crippen MR) is 71.9 cm³/mol. The van der Waals surface area contributed by atoms with Gasteiger partial charge in [-0.25, -0.2) is 17.2 Å². The summed E-state index contributed by atoms with van der Waals surface area (Å²) in [4.78, 5) is 1.31. The molecule has 1 aliphatic rings. The molecule has 5 nitrogen and oxygen atoms in total. The van der Waals surface area contributed by atoms with Crippen molar-refractivity contribution in [3.8, 4) is 6.07 Å². The number of benzene rings is 1. The van der Waals surface area contributed by atoms with E-state index in [9.17, 15) is 17.2 Å². The molecule has 0 aromatic heterocycles. The first-order valence-electron chi connectivity index (χ1n) is 6.41. The minimum Gasteiger partial charge on any atom is -0.288 e. The molecule has 1 saturated heterocycles. The van der Waals surface area contributed by atoms with Gasteiger partial charge < -0.3 is 0 Å². The minimum atomic E-state index is -3.99. The van der Waals surface area contributed by atoms with Gasteiger partial charge >= 0.3 is 0 Å². The van der Waals surface area contributed by atoms with Gasteiger partial charge in [0.15, 0.2) is 0 Å². The molecule has 0 atom stereocenters. The smallest absolute Gasteiger partial charge is 0.246 e. The van der Waals surface area contributed by atoms with Crippen molar-refractivity contribution in [2.45, 2.75) is 11.8 Å². The molecule has 0 amide bonds. The number of hydrogen-bond donors (Lipinski definition) is 0. The lowest BCUT2D eigenvalue weighted by Crippen LogP contribution is -2.48. The molecule has 0 spiro atoms. The fourth-order valence-electron chi connectivity index (χ4n) is 2.20. The molecule has 1 aromatic rings. The third-order valence-corrected chi connectivity index (χ3v) is 5.37. The van der Waals surface area contributed by atoms with Crippen LogP contribution in [0.15, 0.2) is 17.0 Å². The fourth-order valence-corrected chi connectivity index (χ4v) is 3.75. The zero-order valence-electron chi connectivity index (χ0n) is 11.5. The highest BCUT2D eigenvalue weighted by molar-refractivity contribution is 7.89. The Hall–Kier alpha value is -1.56. The quantitative estimate of drug-likeness (QED) is 0.784. The minimum absolute atomic E-state index is 0.0816. The highest BCUT2D eigenvalue weighted by atomic mass is 32.2. The van der Waals surface area contributed by atoms with E-state index in [-0.39, 0.29) is 25.2 Å². The zero-order valence-corrected chi connectivity index (χ0v) is 12.3. The molecule has 0 N–H and O–H groups in total. The van der Waals surface area contributed by atoms with Gasteiger partial charge in [-0.3, -0.25) is 4.90 Å². The number of piperazine rings is 1. The van der Waals surface area contributed by atoms with Gasteiger partial charge in [-0.05, 0) is 18.6 Å². The van der Waals surface area contributed by atoms with E-state index in [0.29, 0.717) is 19.2 Å². The highest BCUT2D eigenvalue weighted by Gasteiger charge is 2.31. The van der Waals surface area contributed by atoms with Gasteiger partial charge in [0.2, 0.25) is 10.0 Å². The van der Waals surface area contributed by atoms with E-state index in [0.717, 1.165) is 10.4 Å². The first-order valence-corrected chi connectivity index (χ1v) is 7.85. The number of aryl methyl sites for hydroxylation is 1. The molecule has 0 bridgehead atoms. The van der Waals surface area contributed by atoms with E-state index in [1.165, 1.54) is 6.92 Å². The second-order valence-electron chi connectivity index (χ2n) is 4.87. The fraction of sp³-hybridized carbons (Fsp3) is 0.462. The molecule has 114 valence electrons. The average molecular weight is 315 g/mol. The van der Waals surface area contributed by atoms with Crippen molar-refractivity contribution in [1.82, 2.24) is 9.21 Å². The topological polar surface area (TPSA) is 64.4 Å². The van der Waals surface area contributed by atoms with Crippen LogP contribution in [0.25, 0.3) is 0 Å². The lowest BCUT2D eigenvalue weighted by atomic mass is 10.2. The van der Waals surface area contributed by atoms with Crippen molar-refractivity contribution in [3.63, 3.8) is 0 Å². The molecule has 1 aromatic carbocycles. The van der Waals surface area contributed by atoms with E-state index in [1.807, 2.05) is 11.0 Å². The SMILES string of the molecule is Cc1cc(S(=O)(=O)N2CCN(CC#N)CC2)c(F)cc1F. The third-order valence-electron chi connectivity index (χ3n) is 3.46. The summed E-state index contributed by atoms with van der Waals surface area (Å²) >= 11 is 0. The number of rotatable bonds is 3. The van der Waals surface area contributed by atoms with Crippen LogP contribution in [0.2, 0.25) is 0 Å². The Labute approximate surface area is 122 Å². The second kappa shape index (κ2) is 6.05. The zero-order chi connectivity index (χ0) is 15.6. The molecule has 1 aliphatic heterocycles. The largest absolute Gasteiger partial charge is 0.288 e. The van der Waals surface area contributed by atoms with Crippen LogP contribution in [0.3, 0.4) is 0 Å².